The number of aliphatic hydroxyl groups excluding tert-OH is 1. The second-order valence-corrected chi connectivity index (χ2v) is 6.58. The van der Waals surface area contributed by atoms with Crippen molar-refractivity contribution in [2.24, 2.45) is 5.41 Å². The summed E-state index contributed by atoms with van der Waals surface area (Å²) in [5, 5.41) is 12.5. The lowest BCUT2D eigenvalue weighted by Gasteiger charge is -2.38. The van der Waals surface area contributed by atoms with Gasteiger partial charge in [0.15, 0.2) is 0 Å². The molecule has 1 aromatic carbocycles. The maximum absolute atomic E-state index is 12.2. The lowest BCUT2D eigenvalue weighted by atomic mass is 9.83. The average Bonchev–Trinajstić information content (AvgIpc) is 2.44. The van der Waals surface area contributed by atoms with Crippen molar-refractivity contribution in [3.05, 3.63) is 29.3 Å². The van der Waals surface area contributed by atoms with Crippen molar-refractivity contribution >= 4 is 11.6 Å². The molecule has 0 aliphatic carbocycles. The molecule has 4 nitrogen and oxygen atoms in total. The predicted molar refractivity (Wildman–Crippen MR) is 85.4 cm³/mol. The quantitative estimate of drug-likeness (QED) is 0.895. The van der Waals surface area contributed by atoms with E-state index in [-0.39, 0.29) is 17.9 Å². The molecule has 1 aliphatic heterocycles. The number of amides is 1. The molecule has 4 heteroatoms. The van der Waals surface area contributed by atoms with Crippen LogP contribution in [0.15, 0.2) is 18.2 Å². The fourth-order valence-corrected chi connectivity index (χ4v) is 2.97. The molecule has 1 unspecified atom stereocenters. The van der Waals surface area contributed by atoms with Gasteiger partial charge in [-0.05, 0) is 50.4 Å². The summed E-state index contributed by atoms with van der Waals surface area (Å²) in [6, 6.07) is 5.94. The van der Waals surface area contributed by atoms with Crippen LogP contribution in [0.2, 0.25) is 0 Å². The van der Waals surface area contributed by atoms with Crippen LogP contribution in [0.4, 0.5) is 5.69 Å². The number of hydrogen-bond donors (Lipinski definition) is 2. The molecule has 1 atom stereocenters. The first kappa shape index (κ1) is 16.0. The number of anilines is 1. The highest BCUT2D eigenvalue weighted by Gasteiger charge is 2.31. The smallest absolute Gasteiger partial charge is 0.238 e. The van der Waals surface area contributed by atoms with Gasteiger partial charge in [0.05, 0.1) is 6.54 Å². The van der Waals surface area contributed by atoms with Crippen LogP contribution in [0.5, 0.6) is 0 Å². The third kappa shape index (κ3) is 4.05. The van der Waals surface area contributed by atoms with Crippen LogP contribution >= 0.6 is 0 Å². The third-order valence-electron chi connectivity index (χ3n) is 4.49. The first-order valence-corrected chi connectivity index (χ1v) is 7.63. The second-order valence-electron chi connectivity index (χ2n) is 6.58. The van der Waals surface area contributed by atoms with E-state index in [9.17, 15) is 9.90 Å². The number of aliphatic hydroxyl groups is 1. The monoisotopic (exact) mass is 290 g/mol. The van der Waals surface area contributed by atoms with Gasteiger partial charge in [0.2, 0.25) is 5.91 Å². The molecule has 21 heavy (non-hydrogen) atoms. The minimum absolute atomic E-state index is 0.0193. The Morgan fingerprint density at radius 3 is 2.90 bits per heavy atom. The first-order chi connectivity index (χ1) is 9.93. The van der Waals surface area contributed by atoms with Crippen LogP contribution in [-0.4, -0.2) is 42.2 Å². The zero-order valence-electron chi connectivity index (χ0n) is 13.3. The topological polar surface area (TPSA) is 52.6 Å². The largest absolute Gasteiger partial charge is 0.396 e. The average molecular weight is 290 g/mol. The number of benzene rings is 1. The third-order valence-corrected chi connectivity index (χ3v) is 4.49. The number of rotatable bonds is 4. The summed E-state index contributed by atoms with van der Waals surface area (Å²) in [5.74, 6) is 0.0193. The number of carbonyl (C=O) groups excluding carboxylic acids is 1. The number of aryl methyl sites for hydroxylation is 1. The number of nitrogens with one attached hydrogen (secondary N) is 1. The molecular weight excluding hydrogens is 264 g/mol. The Hall–Kier alpha value is -1.39. The Bertz CT molecular complexity index is 516. The summed E-state index contributed by atoms with van der Waals surface area (Å²) in [4.78, 5) is 14.4. The van der Waals surface area contributed by atoms with Crippen molar-refractivity contribution in [2.45, 2.75) is 33.6 Å². The van der Waals surface area contributed by atoms with Gasteiger partial charge in [-0.3, -0.25) is 9.69 Å². The Morgan fingerprint density at radius 1 is 1.43 bits per heavy atom. The predicted octanol–water partition coefficient (Wildman–Crippen LogP) is 2.34. The summed E-state index contributed by atoms with van der Waals surface area (Å²) in [5.41, 5.74) is 3.11. The fraction of sp³-hybridized carbons (Fsp3) is 0.588. The summed E-state index contributed by atoms with van der Waals surface area (Å²) in [7, 11) is 0. The molecule has 1 saturated heterocycles. The molecule has 0 saturated carbocycles. The molecule has 1 aliphatic rings. The lowest BCUT2D eigenvalue weighted by Crippen LogP contribution is -2.46. The van der Waals surface area contributed by atoms with Gasteiger partial charge in [0.25, 0.3) is 0 Å². The van der Waals surface area contributed by atoms with Gasteiger partial charge in [-0.25, -0.2) is 0 Å². The molecule has 0 bridgehead atoms. The van der Waals surface area contributed by atoms with E-state index in [1.807, 2.05) is 32.0 Å². The van der Waals surface area contributed by atoms with E-state index < -0.39 is 0 Å². The number of likely N-dealkylation sites (tertiary alicyclic amines) is 1. The van der Waals surface area contributed by atoms with Gasteiger partial charge in [-0.2, -0.15) is 0 Å². The van der Waals surface area contributed by atoms with Gasteiger partial charge < -0.3 is 10.4 Å². The zero-order valence-corrected chi connectivity index (χ0v) is 13.3. The molecule has 1 aromatic rings. The van der Waals surface area contributed by atoms with Crippen LogP contribution in [0.1, 0.15) is 30.9 Å². The maximum Gasteiger partial charge on any atom is 0.238 e. The summed E-state index contributed by atoms with van der Waals surface area (Å²) in [6.07, 6.45) is 2.06. The standard InChI is InChI=1S/C17H26N2O2/c1-13-6-4-7-15(14(13)2)18-16(21)10-19-9-5-8-17(3,11-19)12-20/h4,6-7,20H,5,8-12H2,1-3H3,(H,18,21). The van der Waals surface area contributed by atoms with Crippen LogP contribution < -0.4 is 5.32 Å². The Labute approximate surface area is 127 Å². The molecule has 1 fully saturated rings. The minimum atomic E-state index is -0.0716. The van der Waals surface area contributed by atoms with Crippen molar-refractivity contribution in [3.8, 4) is 0 Å². The highest BCUT2D eigenvalue weighted by molar-refractivity contribution is 5.93. The van der Waals surface area contributed by atoms with Gasteiger partial charge in [0.1, 0.15) is 0 Å². The van der Waals surface area contributed by atoms with Crippen molar-refractivity contribution in [1.29, 1.82) is 0 Å². The van der Waals surface area contributed by atoms with Crippen LogP contribution in [0.3, 0.4) is 0 Å². The number of hydrogen-bond acceptors (Lipinski definition) is 3. The molecule has 1 amide bonds. The Balaban J connectivity index is 1.94. The van der Waals surface area contributed by atoms with Crippen LogP contribution in [0.25, 0.3) is 0 Å². The molecule has 116 valence electrons. The number of carbonyl (C=O) groups is 1. The summed E-state index contributed by atoms with van der Waals surface area (Å²) < 4.78 is 0. The van der Waals surface area contributed by atoms with Crippen molar-refractivity contribution in [3.63, 3.8) is 0 Å². The first-order valence-electron chi connectivity index (χ1n) is 7.63. The number of nitrogens with zero attached hydrogens (tertiary/aromatic N) is 1. The highest BCUT2D eigenvalue weighted by Crippen LogP contribution is 2.28. The van der Waals surface area contributed by atoms with E-state index in [1.165, 1.54) is 5.56 Å². The van der Waals surface area contributed by atoms with Gasteiger partial charge in [-0.15, -0.1) is 0 Å². The van der Waals surface area contributed by atoms with E-state index in [0.717, 1.165) is 37.2 Å². The highest BCUT2D eigenvalue weighted by atomic mass is 16.3. The van der Waals surface area contributed by atoms with Gasteiger partial charge >= 0.3 is 0 Å². The van der Waals surface area contributed by atoms with Gasteiger partial charge in [-0.1, -0.05) is 19.1 Å². The van der Waals surface area contributed by atoms with Crippen molar-refractivity contribution in [2.75, 3.05) is 31.6 Å². The molecule has 2 rings (SSSR count). The molecule has 2 N–H and O–H groups in total. The molecule has 0 aromatic heterocycles. The zero-order chi connectivity index (χ0) is 15.5. The minimum Gasteiger partial charge on any atom is -0.396 e. The Kier molecular flexibility index (Phi) is 5.01. The molecular formula is C17H26N2O2. The lowest BCUT2D eigenvalue weighted by molar-refractivity contribution is -0.118. The molecule has 0 radical (unpaired) electrons. The fourth-order valence-electron chi connectivity index (χ4n) is 2.97. The summed E-state index contributed by atoms with van der Waals surface area (Å²) in [6.45, 7) is 8.43. The normalized spacial score (nSPS) is 23.0. The molecule has 1 heterocycles. The van der Waals surface area contributed by atoms with E-state index in [0.29, 0.717) is 6.54 Å². The number of piperidine rings is 1. The van der Waals surface area contributed by atoms with Crippen molar-refractivity contribution < 1.29 is 9.90 Å². The van der Waals surface area contributed by atoms with Crippen molar-refractivity contribution in [1.82, 2.24) is 4.90 Å². The Morgan fingerprint density at radius 2 is 2.19 bits per heavy atom. The van der Waals surface area contributed by atoms with Crippen LogP contribution in [-0.2, 0) is 4.79 Å². The molecule has 0 spiro atoms. The second kappa shape index (κ2) is 6.58. The van der Waals surface area contributed by atoms with E-state index in [4.69, 9.17) is 0 Å². The van der Waals surface area contributed by atoms with E-state index in [2.05, 4.69) is 17.1 Å². The van der Waals surface area contributed by atoms with Gasteiger partial charge in [0, 0.05) is 24.3 Å². The van der Waals surface area contributed by atoms with E-state index >= 15 is 0 Å². The summed E-state index contributed by atoms with van der Waals surface area (Å²) >= 11 is 0. The maximum atomic E-state index is 12.2. The van der Waals surface area contributed by atoms with Crippen LogP contribution in [0, 0.1) is 19.3 Å². The van der Waals surface area contributed by atoms with E-state index in [1.54, 1.807) is 0 Å². The SMILES string of the molecule is Cc1cccc(NC(=O)CN2CCCC(C)(CO)C2)c1C.